The fourth-order valence-corrected chi connectivity index (χ4v) is 2.83. The summed E-state index contributed by atoms with van der Waals surface area (Å²) < 4.78 is 0. The zero-order chi connectivity index (χ0) is 18.2. The molecule has 0 bridgehead atoms. The van der Waals surface area contributed by atoms with E-state index in [1.165, 1.54) is 50.9 Å². The molecule has 136 valence electrons. The van der Waals surface area contributed by atoms with Gasteiger partial charge in [-0.15, -0.1) is 0 Å². The van der Waals surface area contributed by atoms with Gasteiger partial charge in [0.2, 0.25) is 0 Å². The van der Waals surface area contributed by atoms with Gasteiger partial charge >= 0.3 is 0 Å². The van der Waals surface area contributed by atoms with Crippen molar-refractivity contribution in [2.75, 3.05) is 0 Å². The third-order valence-electron chi connectivity index (χ3n) is 3.79. The van der Waals surface area contributed by atoms with Gasteiger partial charge in [0, 0.05) is 0 Å². The first-order valence-electron chi connectivity index (χ1n) is 8.97. The van der Waals surface area contributed by atoms with E-state index >= 15 is 0 Å². The fourth-order valence-electron chi connectivity index (χ4n) is 2.83. The molecule has 0 heteroatoms. The van der Waals surface area contributed by atoms with Crippen molar-refractivity contribution in [1.82, 2.24) is 0 Å². The third kappa shape index (κ3) is 6.51. The molecule has 2 aromatic carbocycles. The Labute approximate surface area is 152 Å². The Balaban J connectivity index is 0. The van der Waals surface area contributed by atoms with E-state index in [0.717, 1.165) is 0 Å². The number of hydrogen-bond donors (Lipinski definition) is 0. The summed E-state index contributed by atoms with van der Waals surface area (Å²) >= 11 is 0. The van der Waals surface area contributed by atoms with Gasteiger partial charge < -0.3 is 0 Å². The molecule has 2 aromatic rings. The van der Waals surface area contributed by atoms with Gasteiger partial charge in [-0.3, -0.25) is 0 Å². The van der Waals surface area contributed by atoms with E-state index in [4.69, 9.17) is 0 Å². The topological polar surface area (TPSA) is 0 Å². The predicted octanol–water partition coefficient (Wildman–Crippen LogP) is 8.28. The van der Waals surface area contributed by atoms with Crippen molar-refractivity contribution in [3.63, 3.8) is 0 Å². The van der Waals surface area contributed by atoms with Crippen molar-refractivity contribution in [2.24, 2.45) is 0 Å². The lowest BCUT2D eigenvalue weighted by Gasteiger charge is -2.16. The Morgan fingerprint density at radius 1 is 0.583 bits per heavy atom. The first kappa shape index (κ1) is 24.7. The van der Waals surface area contributed by atoms with E-state index in [9.17, 15) is 0 Å². The minimum atomic E-state index is 0. The Bertz CT molecular complexity index is 595. The molecule has 0 unspecified atom stereocenters. The Morgan fingerprint density at radius 3 is 1.38 bits per heavy atom. The van der Waals surface area contributed by atoms with Crippen LogP contribution >= 0.6 is 0 Å². The molecule has 0 atom stereocenters. The highest BCUT2D eigenvalue weighted by atomic mass is 14.1. The third-order valence-corrected chi connectivity index (χ3v) is 3.79. The summed E-state index contributed by atoms with van der Waals surface area (Å²) in [7, 11) is 0. The molecule has 2 rings (SSSR count). The lowest BCUT2D eigenvalue weighted by atomic mass is 9.89. The molecular weight excluding hydrogens is 288 g/mol. The zero-order valence-corrected chi connectivity index (χ0v) is 17.0. The largest absolute Gasteiger partial charge is 0.0776 e. The van der Waals surface area contributed by atoms with Crippen LogP contribution in [0.3, 0.4) is 0 Å². The van der Waals surface area contributed by atoms with Crippen LogP contribution in [0.25, 0.3) is 11.1 Å². The number of aryl methyl sites for hydroxylation is 6. The molecule has 0 aliphatic rings. The molecule has 0 nitrogen and oxygen atoms in total. The van der Waals surface area contributed by atoms with Gasteiger partial charge in [0.15, 0.2) is 0 Å². The second kappa shape index (κ2) is 11.9. The van der Waals surface area contributed by atoms with Crippen molar-refractivity contribution in [2.45, 2.75) is 83.1 Å². The van der Waals surface area contributed by atoms with Crippen LogP contribution in [-0.2, 0) is 0 Å². The minimum absolute atomic E-state index is 0. The van der Waals surface area contributed by atoms with Crippen LogP contribution in [-0.4, -0.2) is 0 Å². The van der Waals surface area contributed by atoms with Crippen LogP contribution in [0.4, 0.5) is 0 Å². The summed E-state index contributed by atoms with van der Waals surface area (Å²) in [5.41, 5.74) is 11.0. The summed E-state index contributed by atoms with van der Waals surface area (Å²) in [6.07, 6.45) is 1.25. The first-order valence-corrected chi connectivity index (χ1v) is 8.97. The van der Waals surface area contributed by atoms with Crippen molar-refractivity contribution in [1.29, 1.82) is 0 Å². The minimum Gasteiger partial charge on any atom is -0.0776 e. The van der Waals surface area contributed by atoms with Gasteiger partial charge in [-0.2, -0.15) is 0 Å². The molecule has 24 heavy (non-hydrogen) atoms. The summed E-state index contributed by atoms with van der Waals surface area (Å²) in [4.78, 5) is 0. The summed E-state index contributed by atoms with van der Waals surface area (Å²) in [5.74, 6) is 0. The molecular formula is C24H40. The maximum Gasteiger partial charge on any atom is -0.0122 e. The van der Waals surface area contributed by atoms with Crippen LogP contribution in [0.15, 0.2) is 24.3 Å². The zero-order valence-electron chi connectivity index (χ0n) is 17.0. The predicted molar refractivity (Wildman–Crippen MR) is 114 cm³/mol. The van der Waals surface area contributed by atoms with E-state index in [1.807, 2.05) is 13.8 Å². The molecule has 0 amide bonds. The fraction of sp³-hybridized carbons (Fsp3) is 0.500. The average molecular weight is 329 g/mol. The second-order valence-corrected chi connectivity index (χ2v) is 6.23. The summed E-state index contributed by atoms with van der Waals surface area (Å²) in [6.45, 7) is 21.4. The van der Waals surface area contributed by atoms with Gasteiger partial charge in [-0.25, -0.2) is 0 Å². The molecule has 0 N–H and O–H groups in total. The van der Waals surface area contributed by atoms with Crippen LogP contribution in [0.5, 0.6) is 0 Å². The van der Waals surface area contributed by atoms with Crippen molar-refractivity contribution >= 4 is 0 Å². The Hall–Kier alpha value is -1.56. The molecule has 0 aliphatic carbocycles. The van der Waals surface area contributed by atoms with Crippen molar-refractivity contribution in [3.8, 4) is 11.1 Å². The summed E-state index contributed by atoms with van der Waals surface area (Å²) in [5, 5.41) is 0. The van der Waals surface area contributed by atoms with Crippen LogP contribution in [0.1, 0.15) is 74.9 Å². The van der Waals surface area contributed by atoms with Crippen molar-refractivity contribution < 1.29 is 0 Å². The molecule has 0 spiro atoms. The quantitative estimate of drug-likeness (QED) is 0.494. The van der Waals surface area contributed by atoms with Crippen LogP contribution < -0.4 is 0 Å². The maximum atomic E-state index is 2.33. The van der Waals surface area contributed by atoms with Crippen LogP contribution in [0, 0.1) is 41.5 Å². The molecule has 0 radical (unpaired) electrons. The van der Waals surface area contributed by atoms with E-state index < -0.39 is 0 Å². The maximum absolute atomic E-state index is 2.33. The molecule has 0 aromatic heterocycles. The number of rotatable bonds is 1. The van der Waals surface area contributed by atoms with Crippen LogP contribution in [0.2, 0.25) is 0 Å². The van der Waals surface area contributed by atoms with Gasteiger partial charge in [-0.05, 0) is 80.5 Å². The smallest absolute Gasteiger partial charge is 0.0122 e. The van der Waals surface area contributed by atoms with Gasteiger partial charge in [-0.1, -0.05) is 71.4 Å². The molecule has 0 heterocycles. The monoisotopic (exact) mass is 328 g/mol. The van der Waals surface area contributed by atoms with E-state index in [2.05, 4.69) is 79.7 Å². The van der Waals surface area contributed by atoms with Gasteiger partial charge in [0.1, 0.15) is 0 Å². The Morgan fingerprint density at radius 2 is 0.958 bits per heavy atom. The van der Waals surface area contributed by atoms with E-state index in [-0.39, 0.29) is 7.43 Å². The lowest BCUT2D eigenvalue weighted by molar-refractivity contribution is 1.09. The highest BCUT2D eigenvalue weighted by Crippen LogP contribution is 2.32. The normalized spacial score (nSPS) is 9.08. The standard InChI is InChI=1S/C18H22.C3H8.C2H6.CH4/c1-11-7-15(5)18(16(6)8-11)17-10-13(3)12(2)9-14(17)4;1-3-2;1-2;/h7-10H,1-6H3;3H2,1-2H3;1-2H3;1H4. The molecule has 0 aliphatic heterocycles. The molecule has 0 saturated heterocycles. The van der Waals surface area contributed by atoms with Crippen molar-refractivity contribution in [3.05, 3.63) is 57.6 Å². The summed E-state index contributed by atoms with van der Waals surface area (Å²) in [6, 6.07) is 9.17. The Kier molecular flexibility index (Phi) is 12.2. The molecule has 0 saturated carbocycles. The molecule has 0 fully saturated rings. The average Bonchev–Trinajstić information content (AvgIpc) is 2.46. The second-order valence-electron chi connectivity index (χ2n) is 6.23. The van der Waals surface area contributed by atoms with E-state index in [0.29, 0.717) is 0 Å². The number of hydrogen-bond acceptors (Lipinski definition) is 0. The van der Waals surface area contributed by atoms with Gasteiger partial charge in [0.25, 0.3) is 0 Å². The van der Waals surface area contributed by atoms with Gasteiger partial charge in [0.05, 0.1) is 0 Å². The highest BCUT2D eigenvalue weighted by Gasteiger charge is 2.10. The number of benzene rings is 2. The highest BCUT2D eigenvalue weighted by molar-refractivity contribution is 5.75. The first-order chi connectivity index (χ1) is 10.8. The van der Waals surface area contributed by atoms with E-state index in [1.54, 1.807) is 0 Å². The SMILES string of the molecule is C.CC.CCC.Cc1cc(C)c(-c2cc(C)c(C)cc2C)c(C)c1. The lowest BCUT2D eigenvalue weighted by Crippen LogP contribution is -1.94.